The molecule has 1 N–H and O–H groups in total. The van der Waals surface area contributed by atoms with E-state index in [0.29, 0.717) is 16.3 Å². The Morgan fingerprint density at radius 1 is 1.08 bits per heavy atom. The number of carbonyl (C=O) groups is 2. The highest BCUT2D eigenvalue weighted by Crippen LogP contribution is 2.17. The van der Waals surface area contributed by atoms with Crippen molar-refractivity contribution in [1.82, 2.24) is 9.88 Å². The molecule has 1 aromatic carbocycles. The van der Waals surface area contributed by atoms with Crippen LogP contribution < -0.4 is 5.32 Å². The molecular formula is C18H18ClN3O2. The fourth-order valence-corrected chi connectivity index (χ4v) is 2.92. The molecule has 1 fully saturated rings. The SMILES string of the molecule is O=C(Nc1cccc(Cl)c1)c1cc(C(=O)N2CCCCC2)ccn1. The Bertz CT molecular complexity index is 757. The molecule has 1 aliphatic heterocycles. The van der Waals surface area contributed by atoms with Crippen molar-refractivity contribution in [2.75, 3.05) is 18.4 Å². The number of amides is 2. The topological polar surface area (TPSA) is 62.3 Å². The number of rotatable bonds is 3. The van der Waals surface area contributed by atoms with Crippen molar-refractivity contribution < 1.29 is 9.59 Å². The van der Waals surface area contributed by atoms with Crippen LogP contribution in [0.5, 0.6) is 0 Å². The summed E-state index contributed by atoms with van der Waals surface area (Å²) < 4.78 is 0. The van der Waals surface area contributed by atoms with Crippen molar-refractivity contribution in [3.63, 3.8) is 0 Å². The number of likely N-dealkylation sites (tertiary alicyclic amines) is 1. The van der Waals surface area contributed by atoms with Crippen molar-refractivity contribution in [2.24, 2.45) is 0 Å². The van der Waals surface area contributed by atoms with Crippen molar-refractivity contribution in [2.45, 2.75) is 19.3 Å². The molecule has 0 spiro atoms. The highest BCUT2D eigenvalue weighted by molar-refractivity contribution is 6.30. The summed E-state index contributed by atoms with van der Waals surface area (Å²) in [5.41, 5.74) is 1.28. The minimum Gasteiger partial charge on any atom is -0.339 e. The number of hydrogen-bond acceptors (Lipinski definition) is 3. The van der Waals surface area contributed by atoms with E-state index in [1.807, 2.05) is 4.90 Å². The Hall–Kier alpha value is -2.40. The maximum atomic E-state index is 12.5. The van der Waals surface area contributed by atoms with Gasteiger partial charge in [0.15, 0.2) is 0 Å². The summed E-state index contributed by atoms with van der Waals surface area (Å²) in [6.07, 6.45) is 4.70. The number of nitrogens with one attached hydrogen (secondary N) is 1. The molecule has 3 rings (SSSR count). The lowest BCUT2D eigenvalue weighted by atomic mass is 10.1. The standard InChI is InChI=1S/C18H18ClN3O2/c19-14-5-4-6-15(12-14)21-17(23)16-11-13(7-8-20-16)18(24)22-9-2-1-3-10-22/h4-8,11-12H,1-3,9-10H2,(H,21,23). The summed E-state index contributed by atoms with van der Waals surface area (Å²) in [4.78, 5) is 30.8. The second-order valence-corrected chi connectivity index (χ2v) is 6.18. The van der Waals surface area contributed by atoms with Crippen LogP contribution in [0.3, 0.4) is 0 Å². The smallest absolute Gasteiger partial charge is 0.274 e. The molecule has 0 aliphatic carbocycles. The molecule has 0 saturated carbocycles. The molecule has 0 bridgehead atoms. The van der Waals surface area contributed by atoms with Crippen LogP contribution in [0.4, 0.5) is 5.69 Å². The third kappa shape index (κ3) is 3.92. The number of halogens is 1. The number of hydrogen-bond donors (Lipinski definition) is 1. The first-order chi connectivity index (χ1) is 11.6. The molecule has 6 heteroatoms. The Kier molecular flexibility index (Phi) is 5.11. The van der Waals surface area contributed by atoms with Gasteiger partial charge in [-0.25, -0.2) is 0 Å². The normalized spacial score (nSPS) is 14.3. The predicted molar refractivity (Wildman–Crippen MR) is 93.4 cm³/mol. The number of carbonyl (C=O) groups excluding carboxylic acids is 2. The highest BCUT2D eigenvalue weighted by atomic mass is 35.5. The first-order valence-electron chi connectivity index (χ1n) is 7.96. The van der Waals surface area contributed by atoms with Crippen LogP contribution in [-0.4, -0.2) is 34.8 Å². The fraction of sp³-hybridized carbons (Fsp3) is 0.278. The van der Waals surface area contributed by atoms with Gasteiger partial charge in [0.05, 0.1) is 0 Å². The van der Waals surface area contributed by atoms with E-state index >= 15 is 0 Å². The average Bonchev–Trinajstić information content (AvgIpc) is 2.62. The molecule has 2 aromatic rings. The molecule has 1 aliphatic rings. The molecule has 0 unspecified atom stereocenters. The number of benzene rings is 1. The number of piperidine rings is 1. The van der Waals surface area contributed by atoms with Crippen molar-refractivity contribution in [1.29, 1.82) is 0 Å². The molecule has 1 saturated heterocycles. The van der Waals surface area contributed by atoms with E-state index in [-0.39, 0.29) is 17.5 Å². The lowest BCUT2D eigenvalue weighted by Crippen LogP contribution is -2.35. The summed E-state index contributed by atoms with van der Waals surface area (Å²) in [6, 6.07) is 10.1. The van der Waals surface area contributed by atoms with Gasteiger partial charge in [0.1, 0.15) is 5.69 Å². The van der Waals surface area contributed by atoms with Crippen LogP contribution in [0, 0.1) is 0 Å². The maximum absolute atomic E-state index is 12.5. The number of aromatic nitrogens is 1. The number of pyridine rings is 1. The van der Waals surface area contributed by atoms with Crippen LogP contribution >= 0.6 is 11.6 Å². The highest BCUT2D eigenvalue weighted by Gasteiger charge is 2.19. The zero-order valence-corrected chi connectivity index (χ0v) is 13.9. The average molecular weight is 344 g/mol. The number of nitrogens with zero attached hydrogens (tertiary/aromatic N) is 2. The molecule has 124 valence electrons. The van der Waals surface area contributed by atoms with Gasteiger partial charge in [-0.3, -0.25) is 14.6 Å². The van der Waals surface area contributed by atoms with Gasteiger partial charge in [-0.2, -0.15) is 0 Å². The van der Waals surface area contributed by atoms with Crippen LogP contribution in [0.25, 0.3) is 0 Å². The van der Waals surface area contributed by atoms with E-state index in [9.17, 15) is 9.59 Å². The van der Waals surface area contributed by atoms with Gasteiger partial charge >= 0.3 is 0 Å². The Morgan fingerprint density at radius 3 is 2.62 bits per heavy atom. The Balaban J connectivity index is 1.74. The van der Waals surface area contributed by atoms with Crippen molar-refractivity contribution >= 4 is 29.1 Å². The van der Waals surface area contributed by atoms with Crippen molar-refractivity contribution in [3.8, 4) is 0 Å². The quantitative estimate of drug-likeness (QED) is 0.926. The first kappa shape index (κ1) is 16.5. The van der Waals surface area contributed by atoms with E-state index in [1.54, 1.807) is 30.3 Å². The van der Waals surface area contributed by atoms with E-state index in [0.717, 1.165) is 32.4 Å². The minimum absolute atomic E-state index is 0.0473. The van der Waals surface area contributed by atoms with E-state index in [1.165, 1.54) is 12.3 Å². The largest absolute Gasteiger partial charge is 0.339 e. The van der Waals surface area contributed by atoms with E-state index < -0.39 is 0 Å². The molecule has 1 aromatic heterocycles. The zero-order valence-electron chi connectivity index (χ0n) is 13.2. The summed E-state index contributed by atoms with van der Waals surface area (Å²) in [6.45, 7) is 1.54. The van der Waals surface area contributed by atoms with Crippen LogP contribution in [0.15, 0.2) is 42.6 Å². The first-order valence-corrected chi connectivity index (χ1v) is 8.33. The lowest BCUT2D eigenvalue weighted by Gasteiger charge is -2.26. The summed E-state index contributed by atoms with van der Waals surface area (Å²) in [5, 5.41) is 3.27. The molecule has 24 heavy (non-hydrogen) atoms. The van der Waals surface area contributed by atoms with Gasteiger partial charge in [0, 0.05) is 35.6 Å². The maximum Gasteiger partial charge on any atom is 0.274 e. The van der Waals surface area contributed by atoms with Gasteiger partial charge in [-0.15, -0.1) is 0 Å². The number of anilines is 1. The van der Waals surface area contributed by atoms with Gasteiger partial charge in [-0.05, 0) is 49.6 Å². The summed E-state index contributed by atoms with van der Waals surface area (Å²) in [7, 11) is 0. The van der Waals surface area contributed by atoms with Crippen LogP contribution in [0.1, 0.15) is 40.1 Å². The summed E-state index contributed by atoms with van der Waals surface area (Å²) >= 11 is 5.91. The molecule has 2 heterocycles. The Labute approximate surface area is 145 Å². The molecular weight excluding hydrogens is 326 g/mol. The van der Waals surface area contributed by atoms with E-state index in [4.69, 9.17) is 11.6 Å². The monoisotopic (exact) mass is 343 g/mol. The van der Waals surface area contributed by atoms with Crippen molar-refractivity contribution in [3.05, 3.63) is 58.9 Å². The molecule has 0 atom stereocenters. The van der Waals surface area contributed by atoms with E-state index in [2.05, 4.69) is 10.3 Å². The zero-order chi connectivity index (χ0) is 16.9. The predicted octanol–water partition coefficient (Wildman–Crippen LogP) is 3.61. The van der Waals surface area contributed by atoms with Crippen LogP contribution in [-0.2, 0) is 0 Å². The third-order valence-electron chi connectivity index (χ3n) is 3.97. The van der Waals surface area contributed by atoms with Gasteiger partial charge in [0.2, 0.25) is 0 Å². The van der Waals surface area contributed by atoms with Gasteiger partial charge < -0.3 is 10.2 Å². The third-order valence-corrected chi connectivity index (χ3v) is 4.20. The van der Waals surface area contributed by atoms with Crippen LogP contribution in [0.2, 0.25) is 5.02 Å². The summed E-state index contributed by atoms with van der Waals surface area (Å²) in [5.74, 6) is -0.417. The fourth-order valence-electron chi connectivity index (χ4n) is 2.73. The Morgan fingerprint density at radius 2 is 1.88 bits per heavy atom. The second kappa shape index (κ2) is 7.45. The van der Waals surface area contributed by atoms with Gasteiger partial charge in [0.25, 0.3) is 11.8 Å². The molecule has 2 amide bonds. The molecule has 0 radical (unpaired) electrons. The second-order valence-electron chi connectivity index (χ2n) is 5.75. The minimum atomic E-state index is -0.370. The molecule has 5 nitrogen and oxygen atoms in total. The van der Waals surface area contributed by atoms with Gasteiger partial charge in [-0.1, -0.05) is 17.7 Å². The lowest BCUT2D eigenvalue weighted by molar-refractivity contribution is 0.0724.